The summed E-state index contributed by atoms with van der Waals surface area (Å²) in [5.41, 5.74) is 0. The van der Waals surface area contributed by atoms with Crippen molar-refractivity contribution in [3.63, 3.8) is 0 Å². The fourth-order valence-corrected chi connectivity index (χ4v) is 4.63. The highest BCUT2D eigenvalue weighted by atomic mass is 16.5. The standard InChI is InChI=1S/C16H30N2O/c1-19-8-7-18(12-16-3-2-6-17-16)11-15-10-13-4-5-14(15)9-13/h13-17H,2-12H2,1H3. The Bertz CT molecular complexity index is 278. The van der Waals surface area contributed by atoms with Gasteiger partial charge in [-0.15, -0.1) is 0 Å². The SMILES string of the molecule is COCCN(CC1CCCN1)CC1CC2CCC1C2. The van der Waals surface area contributed by atoms with E-state index >= 15 is 0 Å². The summed E-state index contributed by atoms with van der Waals surface area (Å²) in [6, 6.07) is 0.732. The zero-order chi connectivity index (χ0) is 13.1. The summed E-state index contributed by atoms with van der Waals surface area (Å²) in [6.07, 6.45) is 8.78. The molecule has 0 aromatic carbocycles. The first-order valence-electron chi connectivity index (χ1n) is 8.30. The molecule has 0 aromatic heterocycles. The van der Waals surface area contributed by atoms with Gasteiger partial charge in [-0.2, -0.15) is 0 Å². The number of hydrogen-bond acceptors (Lipinski definition) is 3. The molecular weight excluding hydrogens is 236 g/mol. The first-order chi connectivity index (χ1) is 9.35. The smallest absolute Gasteiger partial charge is 0.0589 e. The zero-order valence-electron chi connectivity index (χ0n) is 12.4. The van der Waals surface area contributed by atoms with E-state index < -0.39 is 0 Å². The molecule has 0 amide bonds. The lowest BCUT2D eigenvalue weighted by molar-refractivity contribution is 0.119. The fourth-order valence-electron chi connectivity index (χ4n) is 4.63. The third kappa shape index (κ3) is 3.50. The lowest BCUT2D eigenvalue weighted by Crippen LogP contribution is -2.42. The predicted octanol–water partition coefficient (Wildman–Crippen LogP) is 2.12. The van der Waals surface area contributed by atoms with Crippen molar-refractivity contribution in [2.45, 2.75) is 44.6 Å². The normalized spacial score (nSPS) is 37.6. The van der Waals surface area contributed by atoms with Crippen LogP contribution in [0.4, 0.5) is 0 Å². The highest BCUT2D eigenvalue weighted by molar-refractivity contribution is 4.91. The van der Waals surface area contributed by atoms with Crippen LogP contribution in [0, 0.1) is 17.8 Å². The number of fused-ring (bicyclic) bond motifs is 2. The Hall–Kier alpha value is -0.120. The lowest BCUT2D eigenvalue weighted by atomic mass is 9.88. The van der Waals surface area contributed by atoms with Crippen LogP contribution in [0.5, 0.6) is 0 Å². The zero-order valence-corrected chi connectivity index (χ0v) is 12.4. The second-order valence-electron chi connectivity index (χ2n) is 6.98. The quantitative estimate of drug-likeness (QED) is 0.764. The number of ether oxygens (including phenoxy) is 1. The van der Waals surface area contributed by atoms with E-state index in [1.165, 1.54) is 58.2 Å². The van der Waals surface area contributed by atoms with Crippen molar-refractivity contribution in [2.24, 2.45) is 17.8 Å². The molecule has 4 atom stereocenters. The molecule has 19 heavy (non-hydrogen) atoms. The molecule has 3 aliphatic rings. The van der Waals surface area contributed by atoms with Crippen molar-refractivity contribution in [1.82, 2.24) is 10.2 Å². The molecule has 0 radical (unpaired) electrons. The van der Waals surface area contributed by atoms with Gasteiger partial charge in [-0.3, -0.25) is 4.90 Å². The van der Waals surface area contributed by atoms with Crippen molar-refractivity contribution in [1.29, 1.82) is 0 Å². The fraction of sp³-hybridized carbons (Fsp3) is 1.00. The van der Waals surface area contributed by atoms with Crippen LogP contribution in [0.25, 0.3) is 0 Å². The van der Waals surface area contributed by atoms with Gasteiger partial charge < -0.3 is 10.1 Å². The predicted molar refractivity (Wildman–Crippen MR) is 78.3 cm³/mol. The summed E-state index contributed by atoms with van der Waals surface area (Å²) in [5.74, 6) is 3.10. The van der Waals surface area contributed by atoms with Gasteiger partial charge in [-0.05, 0) is 56.4 Å². The average molecular weight is 266 g/mol. The van der Waals surface area contributed by atoms with E-state index in [2.05, 4.69) is 10.2 Å². The van der Waals surface area contributed by atoms with Gasteiger partial charge in [0.2, 0.25) is 0 Å². The molecule has 110 valence electrons. The number of nitrogens with zero attached hydrogens (tertiary/aromatic N) is 1. The molecule has 3 fully saturated rings. The van der Waals surface area contributed by atoms with E-state index in [0.717, 1.165) is 36.9 Å². The van der Waals surface area contributed by atoms with Gasteiger partial charge in [0.1, 0.15) is 0 Å². The minimum atomic E-state index is 0.732. The molecule has 1 N–H and O–H groups in total. The van der Waals surface area contributed by atoms with Gasteiger partial charge in [0, 0.05) is 32.8 Å². The molecule has 2 bridgehead atoms. The van der Waals surface area contributed by atoms with Gasteiger partial charge in [0.15, 0.2) is 0 Å². The Balaban J connectivity index is 1.49. The lowest BCUT2D eigenvalue weighted by Gasteiger charge is -2.31. The van der Waals surface area contributed by atoms with Crippen LogP contribution < -0.4 is 5.32 Å². The summed E-state index contributed by atoms with van der Waals surface area (Å²) in [5, 5.41) is 3.64. The second kappa shape index (κ2) is 6.55. The van der Waals surface area contributed by atoms with Crippen molar-refractivity contribution >= 4 is 0 Å². The second-order valence-corrected chi connectivity index (χ2v) is 6.98. The third-order valence-electron chi connectivity index (χ3n) is 5.63. The Kier molecular flexibility index (Phi) is 4.78. The van der Waals surface area contributed by atoms with Crippen LogP contribution in [0.3, 0.4) is 0 Å². The van der Waals surface area contributed by atoms with Crippen LogP contribution in [0.2, 0.25) is 0 Å². The molecule has 3 heteroatoms. The largest absolute Gasteiger partial charge is 0.383 e. The van der Waals surface area contributed by atoms with Crippen molar-refractivity contribution in [2.75, 3.05) is 39.9 Å². The monoisotopic (exact) mass is 266 g/mol. The number of hydrogen-bond donors (Lipinski definition) is 1. The molecular formula is C16H30N2O. The van der Waals surface area contributed by atoms with Crippen molar-refractivity contribution in [3.05, 3.63) is 0 Å². The Labute approximate surface area is 118 Å². The van der Waals surface area contributed by atoms with Gasteiger partial charge >= 0.3 is 0 Å². The summed E-state index contributed by atoms with van der Waals surface area (Å²) in [4.78, 5) is 2.68. The molecule has 1 saturated heterocycles. The first-order valence-corrected chi connectivity index (χ1v) is 8.30. The van der Waals surface area contributed by atoms with E-state index in [4.69, 9.17) is 4.74 Å². The van der Waals surface area contributed by atoms with Crippen molar-refractivity contribution < 1.29 is 4.74 Å². The summed E-state index contributed by atoms with van der Waals surface area (Å²) >= 11 is 0. The highest BCUT2D eigenvalue weighted by Gasteiger charge is 2.40. The molecule has 3 nitrogen and oxygen atoms in total. The van der Waals surface area contributed by atoms with Crippen molar-refractivity contribution in [3.8, 4) is 0 Å². The molecule has 2 saturated carbocycles. The van der Waals surface area contributed by atoms with E-state index in [1.807, 2.05) is 7.11 Å². The van der Waals surface area contributed by atoms with Crippen LogP contribution in [0.1, 0.15) is 38.5 Å². The molecule has 2 aliphatic carbocycles. The van der Waals surface area contributed by atoms with E-state index in [0.29, 0.717) is 0 Å². The minimum Gasteiger partial charge on any atom is -0.383 e. The first kappa shape index (κ1) is 13.8. The Morgan fingerprint density at radius 3 is 2.74 bits per heavy atom. The number of methoxy groups -OCH3 is 1. The molecule has 4 unspecified atom stereocenters. The molecule has 0 spiro atoms. The van der Waals surface area contributed by atoms with Crippen LogP contribution >= 0.6 is 0 Å². The van der Waals surface area contributed by atoms with Crippen LogP contribution in [0.15, 0.2) is 0 Å². The maximum atomic E-state index is 5.30. The summed E-state index contributed by atoms with van der Waals surface area (Å²) < 4.78 is 5.30. The Morgan fingerprint density at radius 2 is 2.11 bits per heavy atom. The summed E-state index contributed by atoms with van der Waals surface area (Å²) in [6.45, 7) is 5.77. The van der Waals surface area contributed by atoms with Gasteiger partial charge in [0.05, 0.1) is 6.61 Å². The van der Waals surface area contributed by atoms with Gasteiger partial charge in [0.25, 0.3) is 0 Å². The van der Waals surface area contributed by atoms with Gasteiger partial charge in [-0.1, -0.05) is 6.42 Å². The summed E-state index contributed by atoms with van der Waals surface area (Å²) in [7, 11) is 1.82. The molecule has 1 aliphatic heterocycles. The molecule has 3 rings (SSSR count). The number of rotatable bonds is 7. The highest BCUT2D eigenvalue weighted by Crippen LogP contribution is 2.48. The van der Waals surface area contributed by atoms with Gasteiger partial charge in [-0.25, -0.2) is 0 Å². The number of nitrogens with one attached hydrogen (secondary N) is 1. The maximum absolute atomic E-state index is 5.30. The molecule has 1 heterocycles. The maximum Gasteiger partial charge on any atom is 0.0589 e. The van der Waals surface area contributed by atoms with E-state index in [9.17, 15) is 0 Å². The topological polar surface area (TPSA) is 24.5 Å². The minimum absolute atomic E-state index is 0.732. The van der Waals surface area contributed by atoms with Crippen LogP contribution in [-0.2, 0) is 4.74 Å². The van der Waals surface area contributed by atoms with E-state index in [1.54, 1.807) is 0 Å². The average Bonchev–Trinajstić information content (AvgIpc) is 3.12. The third-order valence-corrected chi connectivity index (χ3v) is 5.63. The van der Waals surface area contributed by atoms with Crippen LogP contribution in [-0.4, -0.2) is 50.8 Å². The Morgan fingerprint density at radius 1 is 1.16 bits per heavy atom. The molecule has 0 aromatic rings. The van der Waals surface area contributed by atoms with E-state index in [-0.39, 0.29) is 0 Å².